The van der Waals surface area contributed by atoms with Gasteiger partial charge in [0, 0.05) is 4.47 Å². The first-order valence-corrected chi connectivity index (χ1v) is 5.16. The number of nitrogens with two attached hydrogens (primary N) is 1. The third kappa shape index (κ3) is 3.33. The van der Waals surface area contributed by atoms with E-state index >= 15 is 0 Å². The van der Waals surface area contributed by atoms with Crippen LogP contribution in [0.4, 0.5) is 0 Å². The summed E-state index contributed by atoms with van der Waals surface area (Å²) in [7, 11) is 0. The van der Waals surface area contributed by atoms with Crippen molar-refractivity contribution in [2.75, 3.05) is 6.54 Å². The van der Waals surface area contributed by atoms with Gasteiger partial charge in [0.25, 0.3) is 0 Å². The minimum absolute atomic E-state index is 0.714. The smallest absolute Gasteiger partial charge is 0.0181 e. The molecule has 0 saturated carbocycles. The van der Waals surface area contributed by atoms with Crippen LogP contribution in [0.25, 0.3) is 5.57 Å². The second-order valence-electron chi connectivity index (χ2n) is 2.97. The molecule has 0 aliphatic rings. The van der Waals surface area contributed by atoms with E-state index in [0.717, 1.165) is 10.9 Å². The maximum atomic E-state index is 5.43. The molecule has 70 valence electrons. The largest absolute Gasteiger partial charge is 0.330 e. The lowest BCUT2D eigenvalue weighted by Crippen LogP contribution is -1.95. The molecule has 13 heavy (non-hydrogen) atoms. The molecule has 0 bridgehead atoms. The maximum absolute atomic E-state index is 5.43. The van der Waals surface area contributed by atoms with Gasteiger partial charge in [-0.2, -0.15) is 0 Å². The quantitative estimate of drug-likeness (QED) is 0.862. The molecule has 2 N–H and O–H groups in total. The van der Waals surface area contributed by atoms with Crippen molar-refractivity contribution in [2.24, 2.45) is 5.73 Å². The summed E-state index contributed by atoms with van der Waals surface area (Å²) in [5.74, 6) is 0. The molecular weight excluding hydrogens is 226 g/mol. The van der Waals surface area contributed by atoms with Gasteiger partial charge in [-0.15, -0.1) is 0 Å². The van der Waals surface area contributed by atoms with Gasteiger partial charge in [0.05, 0.1) is 0 Å². The van der Waals surface area contributed by atoms with E-state index < -0.39 is 0 Å². The Morgan fingerprint density at radius 1 is 1.54 bits per heavy atom. The van der Waals surface area contributed by atoms with Gasteiger partial charge in [0.2, 0.25) is 0 Å². The zero-order valence-corrected chi connectivity index (χ0v) is 9.34. The van der Waals surface area contributed by atoms with Gasteiger partial charge in [-0.05, 0) is 43.2 Å². The van der Waals surface area contributed by atoms with Crippen LogP contribution in [-0.4, -0.2) is 6.54 Å². The maximum Gasteiger partial charge on any atom is 0.0181 e. The molecule has 0 amide bonds. The third-order valence-electron chi connectivity index (χ3n) is 1.90. The van der Waals surface area contributed by atoms with Crippen LogP contribution in [0.2, 0.25) is 0 Å². The Morgan fingerprint density at radius 2 is 2.31 bits per heavy atom. The summed E-state index contributed by atoms with van der Waals surface area (Å²) < 4.78 is 1.12. The second kappa shape index (κ2) is 5.20. The van der Waals surface area contributed by atoms with Crippen LogP contribution < -0.4 is 5.73 Å². The monoisotopic (exact) mass is 239 g/mol. The van der Waals surface area contributed by atoms with Crippen LogP contribution in [0.15, 0.2) is 34.8 Å². The van der Waals surface area contributed by atoms with Crippen molar-refractivity contribution < 1.29 is 0 Å². The molecule has 0 fully saturated rings. The summed E-state index contributed by atoms with van der Waals surface area (Å²) in [4.78, 5) is 0. The minimum atomic E-state index is 0.714. The Morgan fingerprint density at radius 3 is 2.92 bits per heavy atom. The summed E-state index contributed by atoms with van der Waals surface area (Å²) >= 11 is 3.45. The molecule has 0 atom stereocenters. The Balaban J connectivity index is 2.82. The highest BCUT2D eigenvalue weighted by Crippen LogP contribution is 2.18. The summed E-state index contributed by atoms with van der Waals surface area (Å²) in [6, 6.07) is 8.29. The van der Waals surface area contributed by atoms with Crippen LogP contribution in [0.5, 0.6) is 0 Å². The van der Waals surface area contributed by atoms with Crippen molar-refractivity contribution in [3.63, 3.8) is 0 Å². The van der Waals surface area contributed by atoms with E-state index in [-0.39, 0.29) is 0 Å². The van der Waals surface area contributed by atoms with Gasteiger partial charge in [-0.3, -0.25) is 0 Å². The van der Waals surface area contributed by atoms with Gasteiger partial charge in [-0.25, -0.2) is 0 Å². The zero-order chi connectivity index (χ0) is 9.68. The lowest BCUT2D eigenvalue weighted by atomic mass is 10.1. The van der Waals surface area contributed by atoms with Crippen molar-refractivity contribution in [1.82, 2.24) is 0 Å². The Labute approximate surface area is 87.8 Å². The highest BCUT2D eigenvalue weighted by atomic mass is 79.9. The van der Waals surface area contributed by atoms with Crippen molar-refractivity contribution in [3.8, 4) is 0 Å². The van der Waals surface area contributed by atoms with Gasteiger partial charge < -0.3 is 5.73 Å². The molecule has 0 radical (unpaired) electrons. The third-order valence-corrected chi connectivity index (χ3v) is 2.39. The minimum Gasteiger partial charge on any atom is -0.330 e. The van der Waals surface area contributed by atoms with Crippen molar-refractivity contribution in [3.05, 3.63) is 40.4 Å². The molecule has 0 unspecified atom stereocenters. The Kier molecular flexibility index (Phi) is 4.19. The van der Waals surface area contributed by atoms with Gasteiger partial charge in [0.1, 0.15) is 0 Å². The molecular formula is C11H14BrN. The molecule has 0 saturated heterocycles. The lowest BCUT2D eigenvalue weighted by Gasteiger charge is -2.01. The zero-order valence-electron chi connectivity index (χ0n) is 7.76. The topological polar surface area (TPSA) is 26.0 Å². The van der Waals surface area contributed by atoms with Crippen LogP contribution in [-0.2, 0) is 0 Å². The fourth-order valence-electron chi connectivity index (χ4n) is 1.15. The average molecular weight is 240 g/mol. The van der Waals surface area contributed by atoms with Crippen molar-refractivity contribution in [2.45, 2.75) is 13.3 Å². The van der Waals surface area contributed by atoms with Crippen molar-refractivity contribution >= 4 is 21.5 Å². The van der Waals surface area contributed by atoms with Crippen LogP contribution >= 0.6 is 15.9 Å². The molecule has 0 spiro atoms. The molecule has 0 heterocycles. The molecule has 2 heteroatoms. The van der Waals surface area contributed by atoms with Crippen LogP contribution in [0.3, 0.4) is 0 Å². The fraction of sp³-hybridized carbons (Fsp3) is 0.273. The van der Waals surface area contributed by atoms with E-state index in [2.05, 4.69) is 41.1 Å². The van der Waals surface area contributed by atoms with E-state index in [1.807, 2.05) is 12.1 Å². The van der Waals surface area contributed by atoms with E-state index in [9.17, 15) is 0 Å². The molecule has 1 nitrogen and oxygen atoms in total. The second-order valence-corrected chi connectivity index (χ2v) is 3.89. The summed E-state index contributed by atoms with van der Waals surface area (Å²) in [5, 5.41) is 0. The number of benzene rings is 1. The standard InChI is InChI=1S/C11H14BrN/c1-9(4-3-7-13)10-5-2-6-11(12)8-10/h2,4-6,8H,3,7,13H2,1H3/b9-4-. The van der Waals surface area contributed by atoms with Gasteiger partial charge in [0.15, 0.2) is 0 Å². The molecule has 1 aromatic carbocycles. The average Bonchev–Trinajstić information content (AvgIpc) is 2.14. The predicted octanol–water partition coefficient (Wildman–Crippen LogP) is 3.20. The number of halogens is 1. The number of allylic oxidation sites excluding steroid dienone is 1. The number of hydrogen-bond donors (Lipinski definition) is 1. The molecule has 1 rings (SSSR count). The lowest BCUT2D eigenvalue weighted by molar-refractivity contribution is 1.01. The van der Waals surface area contributed by atoms with Gasteiger partial charge in [-0.1, -0.05) is 34.1 Å². The van der Waals surface area contributed by atoms with E-state index in [1.54, 1.807) is 0 Å². The summed E-state index contributed by atoms with van der Waals surface area (Å²) in [5.41, 5.74) is 7.97. The normalized spacial score (nSPS) is 11.8. The highest BCUT2D eigenvalue weighted by molar-refractivity contribution is 9.10. The van der Waals surface area contributed by atoms with E-state index in [4.69, 9.17) is 5.73 Å². The molecule has 1 aromatic rings. The van der Waals surface area contributed by atoms with E-state index in [1.165, 1.54) is 11.1 Å². The SMILES string of the molecule is C/C(=C/CCN)c1cccc(Br)c1. The molecule has 0 aliphatic heterocycles. The van der Waals surface area contributed by atoms with Crippen LogP contribution in [0.1, 0.15) is 18.9 Å². The summed E-state index contributed by atoms with van der Waals surface area (Å²) in [6.45, 7) is 2.82. The predicted molar refractivity (Wildman–Crippen MR) is 61.5 cm³/mol. The Bertz CT molecular complexity index is 305. The Hall–Kier alpha value is -0.600. The van der Waals surface area contributed by atoms with E-state index in [0.29, 0.717) is 6.54 Å². The number of rotatable bonds is 3. The van der Waals surface area contributed by atoms with Crippen molar-refractivity contribution in [1.29, 1.82) is 0 Å². The molecule has 0 aromatic heterocycles. The summed E-state index contributed by atoms with van der Waals surface area (Å²) in [6.07, 6.45) is 3.11. The fourth-order valence-corrected chi connectivity index (χ4v) is 1.55. The first-order chi connectivity index (χ1) is 6.24. The first kappa shape index (κ1) is 10.5. The van der Waals surface area contributed by atoms with Crippen LogP contribution in [0, 0.1) is 0 Å². The van der Waals surface area contributed by atoms with Gasteiger partial charge >= 0.3 is 0 Å². The number of hydrogen-bond acceptors (Lipinski definition) is 1. The highest BCUT2D eigenvalue weighted by Gasteiger charge is 1.94. The first-order valence-electron chi connectivity index (χ1n) is 4.37. The molecule has 0 aliphatic carbocycles.